The molecule has 1 fully saturated rings. The first-order valence-electron chi connectivity index (χ1n) is 6.27. The molecule has 1 heterocycles. The fourth-order valence-electron chi connectivity index (χ4n) is 2.56. The second kappa shape index (κ2) is 5.72. The van der Waals surface area contributed by atoms with Crippen LogP contribution in [0.5, 0.6) is 0 Å². The molecule has 0 aromatic carbocycles. The number of hydrogen-bond donors (Lipinski definition) is 0. The number of likely N-dealkylation sites (N-methyl/N-ethyl adjacent to an activating group) is 1. The van der Waals surface area contributed by atoms with E-state index in [1.807, 2.05) is 6.08 Å². The first kappa shape index (κ1) is 13.6. The molecule has 2 unspecified atom stereocenters. The molecule has 1 aliphatic heterocycles. The SMILES string of the molecule is [B]C1N(C)CC(=C)C1(C)CCCCCC=C. The van der Waals surface area contributed by atoms with Crippen LogP contribution in [0.4, 0.5) is 0 Å². The van der Waals surface area contributed by atoms with Crippen molar-refractivity contribution in [3.8, 4) is 0 Å². The highest BCUT2D eigenvalue weighted by Gasteiger charge is 2.40. The normalized spacial score (nSPS) is 30.9. The van der Waals surface area contributed by atoms with Gasteiger partial charge in [-0.3, -0.25) is 0 Å². The first-order valence-corrected chi connectivity index (χ1v) is 6.27. The predicted octanol–water partition coefficient (Wildman–Crippen LogP) is 3.13. The van der Waals surface area contributed by atoms with E-state index in [-0.39, 0.29) is 11.4 Å². The van der Waals surface area contributed by atoms with Crippen molar-refractivity contribution < 1.29 is 0 Å². The Kier molecular flexibility index (Phi) is 4.85. The summed E-state index contributed by atoms with van der Waals surface area (Å²) in [5, 5.41) is 0. The van der Waals surface area contributed by atoms with Crippen LogP contribution in [0.3, 0.4) is 0 Å². The molecule has 88 valence electrons. The molecule has 2 heteroatoms. The van der Waals surface area contributed by atoms with E-state index in [1.54, 1.807) is 0 Å². The van der Waals surface area contributed by atoms with Crippen LogP contribution < -0.4 is 0 Å². The van der Waals surface area contributed by atoms with Crippen molar-refractivity contribution in [2.24, 2.45) is 5.41 Å². The summed E-state index contributed by atoms with van der Waals surface area (Å²) in [4.78, 5) is 2.20. The van der Waals surface area contributed by atoms with Gasteiger partial charge in [0, 0.05) is 6.54 Å². The van der Waals surface area contributed by atoms with Gasteiger partial charge in [-0.1, -0.05) is 38.0 Å². The second-order valence-electron chi connectivity index (χ2n) is 5.27. The monoisotopic (exact) mass is 217 g/mol. The molecule has 0 aromatic rings. The summed E-state index contributed by atoms with van der Waals surface area (Å²) in [5.41, 5.74) is 1.41. The molecule has 0 aliphatic carbocycles. The summed E-state index contributed by atoms with van der Waals surface area (Å²) >= 11 is 0. The fourth-order valence-corrected chi connectivity index (χ4v) is 2.56. The number of unbranched alkanes of at least 4 members (excludes halogenated alkanes) is 3. The van der Waals surface area contributed by atoms with Gasteiger partial charge in [-0.05, 0) is 37.7 Å². The molecular formula is C14H24BN. The third kappa shape index (κ3) is 2.79. The Bertz CT molecular complexity index is 261. The Balaban J connectivity index is 2.39. The quantitative estimate of drug-likeness (QED) is 0.375. The lowest BCUT2D eigenvalue weighted by atomic mass is 9.68. The molecule has 1 saturated heterocycles. The van der Waals surface area contributed by atoms with E-state index in [9.17, 15) is 0 Å². The zero-order valence-corrected chi connectivity index (χ0v) is 10.8. The van der Waals surface area contributed by atoms with Crippen molar-refractivity contribution in [1.29, 1.82) is 0 Å². The molecule has 1 rings (SSSR count). The average Bonchev–Trinajstić information content (AvgIpc) is 2.43. The number of hydrogen-bond acceptors (Lipinski definition) is 1. The molecule has 2 radical (unpaired) electrons. The van der Waals surface area contributed by atoms with Crippen LogP contribution >= 0.6 is 0 Å². The summed E-state index contributed by atoms with van der Waals surface area (Å²) in [6.45, 7) is 11.1. The van der Waals surface area contributed by atoms with Crippen LogP contribution in [-0.2, 0) is 0 Å². The van der Waals surface area contributed by atoms with Crippen LogP contribution in [0, 0.1) is 5.41 Å². The maximum Gasteiger partial charge on any atom is 0.0922 e. The van der Waals surface area contributed by atoms with E-state index in [2.05, 4.69) is 32.0 Å². The Hall–Kier alpha value is -0.495. The molecule has 0 saturated carbocycles. The maximum atomic E-state index is 6.24. The van der Waals surface area contributed by atoms with E-state index in [0.29, 0.717) is 0 Å². The molecule has 0 spiro atoms. The standard InChI is InChI=1S/C14H24BN/c1-5-6-7-8-9-10-14(3)12(2)11-16(4)13(14)15/h5,13H,1-2,6-11H2,3-4H3. The predicted molar refractivity (Wildman–Crippen MR) is 72.7 cm³/mol. The van der Waals surface area contributed by atoms with Gasteiger partial charge in [-0.25, -0.2) is 0 Å². The smallest absolute Gasteiger partial charge is 0.0922 e. The van der Waals surface area contributed by atoms with E-state index < -0.39 is 0 Å². The summed E-state index contributed by atoms with van der Waals surface area (Å²) in [6, 6.07) is 0. The third-order valence-corrected chi connectivity index (χ3v) is 3.98. The lowest BCUT2D eigenvalue weighted by molar-refractivity contribution is 0.264. The minimum absolute atomic E-state index is 0.114. The summed E-state index contributed by atoms with van der Waals surface area (Å²) in [5.74, 6) is 0.138. The van der Waals surface area contributed by atoms with Gasteiger partial charge < -0.3 is 4.90 Å². The molecule has 0 aromatic heterocycles. The highest BCUT2D eigenvalue weighted by molar-refractivity contribution is 6.12. The summed E-state index contributed by atoms with van der Waals surface area (Å²) in [6.07, 6.45) is 8.04. The molecule has 1 aliphatic rings. The molecule has 0 amide bonds. The van der Waals surface area contributed by atoms with Gasteiger partial charge in [0.25, 0.3) is 0 Å². The van der Waals surface area contributed by atoms with Gasteiger partial charge in [0.1, 0.15) is 0 Å². The van der Waals surface area contributed by atoms with E-state index in [1.165, 1.54) is 24.8 Å². The van der Waals surface area contributed by atoms with Crippen LogP contribution in [0.25, 0.3) is 0 Å². The van der Waals surface area contributed by atoms with Gasteiger partial charge in [-0.15, -0.1) is 6.58 Å². The summed E-state index contributed by atoms with van der Waals surface area (Å²) in [7, 11) is 8.32. The Labute approximate surface area is 102 Å². The molecule has 1 nitrogen and oxygen atoms in total. The number of rotatable bonds is 6. The molecule has 2 atom stereocenters. The number of allylic oxidation sites excluding steroid dienone is 1. The molecule has 16 heavy (non-hydrogen) atoms. The van der Waals surface area contributed by atoms with Gasteiger partial charge in [0.2, 0.25) is 0 Å². The van der Waals surface area contributed by atoms with Crippen molar-refractivity contribution in [3.63, 3.8) is 0 Å². The molecular weight excluding hydrogens is 193 g/mol. The average molecular weight is 217 g/mol. The van der Waals surface area contributed by atoms with Gasteiger partial charge in [0.15, 0.2) is 0 Å². The fraction of sp³-hybridized carbons (Fsp3) is 0.714. The lowest BCUT2D eigenvalue weighted by Gasteiger charge is -2.32. The topological polar surface area (TPSA) is 3.24 Å². The highest BCUT2D eigenvalue weighted by atomic mass is 15.2. The van der Waals surface area contributed by atoms with Crippen molar-refractivity contribution in [3.05, 3.63) is 24.8 Å². The Morgan fingerprint density at radius 1 is 1.50 bits per heavy atom. The third-order valence-electron chi connectivity index (χ3n) is 3.98. The van der Waals surface area contributed by atoms with Crippen LogP contribution in [0.15, 0.2) is 24.8 Å². The largest absolute Gasteiger partial charge is 0.307 e. The van der Waals surface area contributed by atoms with Gasteiger partial charge in [-0.2, -0.15) is 0 Å². The zero-order valence-electron chi connectivity index (χ0n) is 10.8. The zero-order chi connectivity index (χ0) is 12.2. The highest BCUT2D eigenvalue weighted by Crippen LogP contribution is 2.42. The summed E-state index contributed by atoms with van der Waals surface area (Å²) < 4.78 is 0. The Morgan fingerprint density at radius 2 is 2.19 bits per heavy atom. The van der Waals surface area contributed by atoms with E-state index in [0.717, 1.165) is 19.4 Å². The molecule has 0 bridgehead atoms. The van der Waals surface area contributed by atoms with Gasteiger partial charge >= 0.3 is 0 Å². The van der Waals surface area contributed by atoms with Crippen LogP contribution in [0.2, 0.25) is 0 Å². The Morgan fingerprint density at radius 3 is 2.69 bits per heavy atom. The van der Waals surface area contributed by atoms with E-state index >= 15 is 0 Å². The van der Waals surface area contributed by atoms with E-state index in [4.69, 9.17) is 7.85 Å². The maximum absolute atomic E-state index is 6.24. The molecule has 0 N–H and O–H groups in total. The minimum Gasteiger partial charge on any atom is -0.307 e. The second-order valence-corrected chi connectivity index (χ2v) is 5.27. The van der Waals surface area contributed by atoms with Crippen molar-refractivity contribution >= 4 is 7.85 Å². The van der Waals surface area contributed by atoms with Crippen LogP contribution in [-0.4, -0.2) is 32.3 Å². The van der Waals surface area contributed by atoms with Crippen molar-refractivity contribution in [2.75, 3.05) is 13.6 Å². The minimum atomic E-state index is 0.114. The lowest BCUT2D eigenvalue weighted by Crippen LogP contribution is -2.36. The van der Waals surface area contributed by atoms with Crippen LogP contribution in [0.1, 0.15) is 39.0 Å². The van der Waals surface area contributed by atoms with Gasteiger partial charge in [0.05, 0.1) is 7.85 Å². The van der Waals surface area contributed by atoms with Crippen molar-refractivity contribution in [1.82, 2.24) is 4.90 Å². The number of nitrogens with zero attached hydrogens (tertiary/aromatic N) is 1. The van der Waals surface area contributed by atoms with Crippen molar-refractivity contribution in [2.45, 2.75) is 45.0 Å². The number of likely N-dealkylation sites (tertiary alicyclic amines) is 1. The first-order chi connectivity index (χ1) is 7.52.